The largest absolute Gasteiger partial charge is 0.497 e. The number of hydrogen-bond donors (Lipinski definition) is 2. The Morgan fingerprint density at radius 1 is 1.21 bits per heavy atom. The second kappa shape index (κ2) is 7.95. The van der Waals surface area contributed by atoms with Crippen LogP contribution >= 0.6 is 0 Å². The molecule has 2 N–H and O–H groups in total. The number of benzene rings is 1. The van der Waals surface area contributed by atoms with Crippen molar-refractivity contribution >= 4 is 23.0 Å². The average molecular weight is 333 g/mol. The minimum atomic E-state index is -0.521. The second-order valence-corrected chi connectivity index (χ2v) is 4.79. The fourth-order valence-corrected chi connectivity index (χ4v) is 2.06. The molecular weight excluding hydrogens is 314 g/mol. The van der Waals surface area contributed by atoms with Crippen molar-refractivity contribution in [2.45, 2.75) is 13.3 Å². The van der Waals surface area contributed by atoms with Crippen LogP contribution in [0.4, 0.5) is 23.0 Å². The summed E-state index contributed by atoms with van der Waals surface area (Å²) in [5, 5.41) is 17.3. The van der Waals surface area contributed by atoms with Gasteiger partial charge in [-0.2, -0.15) is 0 Å². The van der Waals surface area contributed by atoms with Gasteiger partial charge >= 0.3 is 5.69 Å². The predicted octanol–water partition coefficient (Wildman–Crippen LogP) is 2.97. The highest BCUT2D eigenvalue weighted by Crippen LogP contribution is 2.35. The predicted molar refractivity (Wildman–Crippen MR) is 90.3 cm³/mol. The summed E-state index contributed by atoms with van der Waals surface area (Å²) in [5.74, 6) is 1.33. The Labute approximate surface area is 139 Å². The number of anilines is 3. The van der Waals surface area contributed by atoms with E-state index in [1.54, 1.807) is 18.2 Å². The van der Waals surface area contributed by atoms with Crippen molar-refractivity contribution in [1.82, 2.24) is 9.97 Å². The van der Waals surface area contributed by atoms with Crippen LogP contribution in [0.5, 0.6) is 11.5 Å². The summed E-state index contributed by atoms with van der Waals surface area (Å²) in [6, 6.07) is 5.10. The summed E-state index contributed by atoms with van der Waals surface area (Å²) in [5.41, 5.74) is 0.274. The lowest BCUT2D eigenvalue weighted by Gasteiger charge is -2.13. The topological polar surface area (TPSA) is 111 Å². The van der Waals surface area contributed by atoms with Crippen molar-refractivity contribution in [3.8, 4) is 11.5 Å². The van der Waals surface area contributed by atoms with E-state index in [4.69, 9.17) is 9.47 Å². The van der Waals surface area contributed by atoms with E-state index in [1.807, 2.05) is 6.92 Å². The first-order chi connectivity index (χ1) is 11.6. The van der Waals surface area contributed by atoms with Crippen molar-refractivity contribution in [2.75, 3.05) is 31.4 Å². The highest BCUT2D eigenvalue weighted by Gasteiger charge is 2.23. The third-order valence-electron chi connectivity index (χ3n) is 3.21. The van der Waals surface area contributed by atoms with Gasteiger partial charge in [-0.3, -0.25) is 10.1 Å². The number of ether oxygens (including phenoxy) is 2. The normalized spacial score (nSPS) is 10.1. The summed E-state index contributed by atoms with van der Waals surface area (Å²) < 4.78 is 10.4. The van der Waals surface area contributed by atoms with Crippen LogP contribution in [0.1, 0.15) is 13.3 Å². The Bertz CT molecular complexity index is 723. The van der Waals surface area contributed by atoms with E-state index >= 15 is 0 Å². The van der Waals surface area contributed by atoms with Gasteiger partial charge in [0.2, 0.25) is 11.6 Å². The molecule has 0 spiro atoms. The first kappa shape index (κ1) is 17.3. The molecule has 0 aliphatic carbocycles. The van der Waals surface area contributed by atoms with E-state index in [9.17, 15) is 10.1 Å². The Balaban J connectivity index is 2.44. The van der Waals surface area contributed by atoms with Crippen LogP contribution in [0.15, 0.2) is 24.5 Å². The third-order valence-corrected chi connectivity index (χ3v) is 3.21. The Kier molecular flexibility index (Phi) is 5.72. The lowest BCUT2D eigenvalue weighted by Crippen LogP contribution is -2.09. The van der Waals surface area contributed by atoms with E-state index < -0.39 is 4.92 Å². The number of nitrogens with one attached hydrogen (secondary N) is 2. The van der Waals surface area contributed by atoms with Gasteiger partial charge in [-0.05, 0) is 18.6 Å². The molecule has 0 atom stereocenters. The zero-order chi connectivity index (χ0) is 17.5. The van der Waals surface area contributed by atoms with Crippen LogP contribution in [0.25, 0.3) is 0 Å². The molecule has 1 aromatic carbocycles. The van der Waals surface area contributed by atoms with E-state index in [-0.39, 0.29) is 17.3 Å². The summed E-state index contributed by atoms with van der Waals surface area (Å²) in [6.45, 7) is 2.53. The van der Waals surface area contributed by atoms with E-state index in [0.29, 0.717) is 23.7 Å². The molecule has 0 fully saturated rings. The zero-order valence-electron chi connectivity index (χ0n) is 13.7. The molecule has 2 rings (SSSR count). The average Bonchev–Trinajstić information content (AvgIpc) is 2.59. The van der Waals surface area contributed by atoms with Crippen LogP contribution in [0.2, 0.25) is 0 Å². The van der Waals surface area contributed by atoms with Crippen molar-refractivity contribution in [3.05, 3.63) is 34.6 Å². The minimum absolute atomic E-state index is 0.0696. The maximum atomic E-state index is 11.5. The van der Waals surface area contributed by atoms with Crippen LogP contribution in [0, 0.1) is 10.1 Å². The molecule has 0 radical (unpaired) electrons. The molecule has 0 amide bonds. The van der Waals surface area contributed by atoms with Crippen LogP contribution < -0.4 is 20.1 Å². The highest BCUT2D eigenvalue weighted by molar-refractivity contribution is 5.76. The molecule has 0 aliphatic rings. The van der Waals surface area contributed by atoms with Gasteiger partial charge in [-0.1, -0.05) is 6.92 Å². The van der Waals surface area contributed by atoms with Crippen molar-refractivity contribution in [2.24, 2.45) is 0 Å². The van der Waals surface area contributed by atoms with Gasteiger partial charge in [0.25, 0.3) is 0 Å². The minimum Gasteiger partial charge on any atom is -0.497 e. The molecule has 0 saturated carbocycles. The molecule has 0 unspecified atom stereocenters. The van der Waals surface area contributed by atoms with Gasteiger partial charge in [-0.15, -0.1) is 0 Å². The summed E-state index contributed by atoms with van der Waals surface area (Å²) in [4.78, 5) is 18.9. The van der Waals surface area contributed by atoms with E-state index in [2.05, 4.69) is 20.6 Å². The fraction of sp³-hybridized carbons (Fsp3) is 0.333. The van der Waals surface area contributed by atoms with Crippen LogP contribution in [-0.2, 0) is 0 Å². The molecule has 24 heavy (non-hydrogen) atoms. The van der Waals surface area contributed by atoms with Crippen molar-refractivity contribution < 1.29 is 14.4 Å². The van der Waals surface area contributed by atoms with Gasteiger partial charge in [0.15, 0.2) is 0 Å². The molecule has 1 heterocycles. The van der Waals surface area contributed by atoms with Crippen molar-refractivity contribution in [3.63, 3.8) is 0 Å². The molecule has 0 aliphatic heterocycles. The van der Waals surface area contributed by atoms with E-state index in [0.717, 1.165) is 6.42 Å². The molecule has 0 saturated heterocycles. The monoisotopic (exact) mass is 333 g/mol. The van der Waals surface area contributed by atoms with Gasteiger partial charge in [0, 0.05) is 12.6 Å². The third kappa shape index (κ3) is 3.80. The molecule has 1 aromatic heterocycles. The summed E-state index contributed by atoms with van der Waals surface area (Å²) in [6.07, 6.45) is 2.08. The molecule has 9 nitrogen and oxygen atoms in total. The van der Waals surface area contributed by atoms with E-state index in [1.165, 1.54) is 20.5 Å². The number of rotatable bonds is 8. The lowest BCUT2D eigenvalue weighted by molar-refractivity contribution is -0.383. The SMILES string of the molecule is CCCNc1ncnc(Nc2cc(OC)ccc2OC)c1[N+](=O)[O-]. The summed E-state index contributed by atoms with van der Waals surface area (Å²) >= 11 is 0. The lowest BCUT2D eigenvalue weighted by atomic mass is 10.2. The Morgan fingerprint density at radius 2 is 1.96 bits per heavy atom. The number of aromatic nitrogens is 2. The van der Waals surface area contributed by atoms with Crippen molar-refractivity contribution in [1.29, 1.82) is 0 Å². The standard InChI is InChI=1S/C15H19N5O4/c1-4-7-16-14-13(20(21)22)15(18-9-17-14)19-11-8-10(23-2)5-6-12(11)24-3/h5-6,8-9H,4,7H2,1-3H3,(H2,16,17,18,19). The van der Waals surface area contributed by atoms with Crippen LogP contribution in [-0.4, -0.2) is 35.7 Å². The number of nitro groups is 1. The molecule has 2 aromatic rings. The quantitative estimate of drug-likeness (QED) is 0.560. The van der Waals surface area contributed by atoms with Crippen LogP contribution in [0.3, 0.4) is 0 Å². The van der Waals surface area contributed by atoms with Gasteiger partial charge in [0.1, 0.15) is 17.8 Å². The molecule has 0 bridgehead atoms. The van der Waals surface area contributed by atoms with Gasteiger partial charge < -0.3 is 20.1 Å². The fourth-order valence-electron chi connectivity index (χ4n) is 2.06. The first-order valence-corrected chi connectivity index (χ1v) is 7.33. The molecule has 128 valence electrons. The number of nitrogens with zero attached hydrogens (tertiary/aromatic N) is 3. The van der Waals surface area contributed by atoms with Gasteiger partial charge in [0.05, 0.1) is 24.8 Å². The number of hydrogen-bond acceptors (Lipinski definition) is 8. The first-order valence-electron chi connectivity index (χ1n) is 7.33. The Morgan fingerprint density at radius 3 is 2.58 bits per heavy atom. The number of methoxy groups -OCH3 is 2. The zero-order valence-corrected chi connectivity index (χ0v) is 13.7. The molecule has 9 heteroatoms. The highest BCUT2D eigenvalue weighted by atomic mass is 16.6. The van der Waals surface area contributed by atoms with Gasteiger partial charge in [-0.25, -0.2) is 9.97 Å². The maximum absolute atomic E-state index is 11.5. The summed E-state index contributed by atoms with van der Waals surface area (Å²) in [7, 11) is 3.04. The maximum Gasteiger partial charge on any atom is 0.353 e. The second-order valence-electron chi connectivity index (χ2n) is 4.79. The molecular formula is C15H19N5O4. The Hall–Kier alpha value is -3.10. The smallest absolute Gasteiger partial charge is 0.353 e.